The van der Waals surface area contributed by atoms with Gasteiger partial charge in [0.05, 0.1) is 26.4 Å². The first kappa shape index (κ1) is 27.4. The summed E-state index contributed by atoms with van der Waals surface area (Å²) in [4.78, 5) is 15.3. The van der Waals surface area contributed by atoms with Crippen LogP contribution in [0.4, 0.5) is 24.5 Å². The molecule has 0 aliphatic carbocycles. The lowest BCUT2D eigenvalue weighted by molar-refractivity contribution is -0.138. The number of methoxy groups -OCH3 is 2. The maximum Gasteiger partial charge on any atom is 0.420 e. The monoisotopic (exact) mass is 550 g/mol. The molecule has 38 heavy (non-hydrogen) atoms. The SMILES string of the molecule is COc1cc(NC(C(=O)N2CCc3cc(OC)c(C(F)(F)F)cc32)c2ccc(Cl)cc2)cc(OCCO)c1. The number of ether oxygens (including phenoxy) is 3. The van der Waals surface area contributed by atoms with Crippen molar-refractivity contribution in [2.24, 2.45) is 0 Å². The van der Waals surface area contributed by atoms with Gasteiger partial charge in [0.25, 0.3) is 5.91 Å². The van der Waals surface area contributed by atoms with Gasteiger partial charge < -0.3 is 29.5 Å². The molecular formula is C27H26ClF3N2O5. The van der Waals surface area contributed by atoms with Crippen molar-refractivity contribution in [1.82, 2.24) is 0 Å². The standard InChI is InChI=1S/C27H26ClF3N2O5/c1-36-20-12-19(13-21(14-20)38-10-9-34)32-25(16-3-5-18(28)6-4-16)26(35)33-8-7-17-11-24(37-2)22(15-23(17)33)27(29,30)31/h3-6,11-15,25,32,34H,7-10H2,1-2H3. The zero-order valence-corrected chi connectivity index (χ0v) is 21.4. The van der Waals surface area contributed by atoms with Gasteiger partial charge in [0.2, 0.25) is 0 Å². The Morgan fingerprint density at radius 1 is 1.08 bits per heavy atom. The predicted molar refractivity (Wildman–Crippen MR) is 137 cm³/mol. The molecule has 1 heterocycles. The number of hydrogen-bond acceptors (Lipinski definition) is 6. The lowest BCUT2D eigenvalue weighted by Crippen LogP contribution is -2.37. The quantitative estimate of drug-likeness (QED) is 0.367. The van der Waals surface area contributed by atoms with E-state index in [1.165, 1.54) is 25.2 Å². The third-order valence-corrected chi connectivity index (χ3v) is 6.36. The van der Waals surface area contributed by atoms with Gasteiger partial charge in [-0.3, -0.25) is 4.79 Å². The second-order valence-corrected chi connectivity index (χ2v) is 8.95. The molecule has 3 aromatic carbocycles. The fourth-order valence-corrected chi connectivity index (χ4v) is 4.45. The Morgan fingerprint density at radius 2 is 1.79 bits per heavy atom. The molecule has 11 heteroatoms. The Hall–Kier alpha value is -3.63. The molecule has 1 aliphatic heterocycles. The zero-order valence-electron chi connectivity index (χ0n) is 20.6. The number of hydrogen-bond donors (Lipinski definition) is 2. The van der Waals surface area contributed by atoms with Gasteiger partial charge >= 0.3 is 6.18 Å². The van der Waals surface area contributed by atoms with E-state index in [1.54, 1.807) is 42.5 Å². The van der Waals surface area contributed by atoms with Crippen molar-refractivity contribution in [1.29, 1.82) is 0 Å². The van der Waals surface area contributed by atoms with Gasteiger partial charge in [-0.1, -0.05) is 23.7 Å². The number of halogens is 4. The van der Waals surface area contributed by atoms with Crippen LogP contribution in [0.3, 0.4) is 0 Å². The van der Waals surface area contributed by atoms with Crippen molar-refractivity contribution in [3.8, 4) is 17.2 Å². The average Bonchev–Trinajstić information content (AvgIpc) is 3.32. The van der Waals surface area contributed by atoms with E-state index in [0.29, 0.717) is 39.8 Å². The van der Waals surface area contributed by atoms with Crippen LogP contribution in [0.1, 0.15) is 22.7 Å². The minimum Gasteiger partial charge on any atom is -0.497 e. The van der Waals surface area contributed by atoms with E-state index in [4.69, 9.17) is 30.9 Å². The highest BCUT2D eigenvalue weighted by molar-refractivity contribution is 6.30. The third-order valence-electron chi connectivity index (χ3n) is 6.10. The molecule has 0 aromatic heterocycles. The van der Waals surface area contributed by atoms with Crippen LogP contribution in [-0.2, 0) is 17.4 Å². The number of amides is 1. The Kier molecular flexibility index (Phi) is 8.23. The minimum atomic E-state index is -4.66. The number of carbonyl (C=O) groups is 1. The summed E-state index contributed by atoms with van der Waals surface area (Å²) in [5, 5.41) is 12.8. The lowest BCUT2D eigenvalue weighted by atomic mass is 10.0. The maximum atomic E-state index is 13.9. The number of aliphatic hydroxyl groups excluding tert-OH is 1. The van der Waals surface area contributed by atoms with Gasteiger partial charge in [-0.15, -0.1) is 0 Å². The van der Waals surface area contributed by atoms with Crippen LogP contribution in [0, 0.1) is 0 Å². The van der Waals surface area contributed by atoms with Crippen LogP contribution in [0.15, 0.2) is 54.6 Å². The van der Waals surface area contributed by atoms with Crippen LogP contribution in [-0.4, -0.2) is 45.0 Å². The number of rotatable bonds is 9. The number of benzene rings is 3. The first-order valence-electron chi connectivity index (χ1n) is 11.7. The van der Waals surface area contributed by atoms with Crippen molar-refractivity contribution in [2.45, 2.75) is 18.6 Å². The fourth-order valence-electron chi connectivity index (χ4n) is 4.32. The van der Waals surface area contributed by atoms with Crippen LogP contribution in [0.5, 0.6) is 17.2 Å². The summed E-state index contributed by atoms with van der Waals surface area (Å²) in [6, 6.07) is 12.9. The Morgan fingerprint density at radius 3 is 2.42 bits per heavy atom. The molecule has 202 valence electrons. The van der Waals surface area contributed by atoms with E-state index in [0.717, 1.165) is 6.07 Å². The Bertz CT molecular complexity index is 1300. The molecule has 2 N–H and O–H groups in total. The number of nitrogens with one attached hydrogen (secondary N) is 1. The number of fused-ring (bicyclic) bond motifs is 1. The van der Waals surface area contributed by atoms with Crippen molar-refractivity contribution < 1.29 is 37.3 Å². The summed E-state index contributed by atoms with van der Waals surface area (Å²) in [5.74, 6) is 0.102. The second-order valence-electron chi connectivity index (χ2n) is 8.52. The molecule has 0 radical (unpaired) electrons. The normalized spacial score (nSPS) is 13.6. The van der Waals surface area contributed by atoms with E-state index in [1.807, 2.05) is 0 Å². The summed E-state index contributed by atoms with van der Waals surface area (Å²) in [6.07, 6.45) is -4.28. The smallest absolute Gasteiger partial charge is 0.420 e. The lowest BCUT2D eigenvalue weighted by Gasteiger charge is -2.27. The molecule has 1 atom stereocenters. The molecular weight excluding hydrogens is 525 g/mol. The van der Waals surface area contributed by atoms with Crippen molar-refractivity contribution in [3.63, 3.8) is 0 Å². The Labute approximate surface area is 222 Å². The highest BCUT2D eigenvalue weighted by Gasteiger charge is 2.39. The van der Waals surface area contributed by atoms with E-state index in [9.17, 15) is 18.0 Å². The molecule has 4 rings (SSSR count). The van der Waals surface area contributed by atoms with Crippen LogP contribution >= 0.6 is 11.6 Å². The van der Waals surface area contributed by atoms with Gasteiger partial charge in [-0.25, -0.2) is 0 Å². The van der Waals surface area contributed by atoms with E-state index < -0.39 is 23.7 Å². The number of aliphatic hydroxyl groups is 1. The molecule has 1 unspecified atom stereocenters. The van der Waals surface area contributed by atoms with Gasteiger partial charge in [0.1, 0.15) is 29.9 Å². The maximum absolute atomic E-state index is 13.9. The molecule has 1 amide bonds. The number of carbonyl (C=O) groups excluding carboxylic acids is 1. The summed E-state index contributed by atoms with van der Waals surface area (Å²) in [6.45, 7) is 0.0695. The van der Waals surface area contributed by atoms with Gasteiger partial charge in [-0.2, -0.15) is 13.2 Å². The molecule has 0 fully saturated rings. The summed E-state index contributed by atoms with van der Waals surface area (Å²) >= 11 is 6.06. The summed E-state index contributed by atoms with van der Waals surface area (Å²) in [5.41, 5.74) is 0.835. The van der Waals surface area contributed by atoms with E-state index in [2.05, 4.69) is 5.32 Å². The molecule has 1 aliphatic rings. The largest absolute Gasteiger partial charge is 0.497 e. The number of alkyl halides is 3. The van der Waals surface area contributed by atoms with Crippen molar-refractivity contribution >= 4 is 28.9 Å². The van der Waals surface area contributed by atoms with E-state index >= 15 is 0 Å². The second kappa shape index (κ2) is 11.4. The summed E-state index contributed by atoms with van der Waals surface area (Å²) in [7, 11) is 2.66. The summed E-state index contributed by atoms with van der Waals surface area (Å²) < 4.78 is 57.0. The molecule has 0 saturated carbocycles. The first-order chi connectivity index (χ1) is 18.1. The van der Waals surface area contributed by atoms with Gasteiger partial charge in [0, 0.05) is 41.1 Å². The van der Waals surface area contributed by atoms with Crippen LogP contribution in [0.25, 0.3) is 0 Å². The average molecular weight is 551 g/mol. The van der Waals surface area contributed by atoms with Crippen LogP contribution in [0.2, 0.25) is 5.02 Å². The topological polar surface area (TPSA) is 80.3 Å². The molecule has 3 aromatic rings. The van der Waals surface area contributed by atoms with Crippen molar-refractivity contribution in [2.75, 3.05) is 44.2 Å². The first-order valence-corrected chi connectivity index (χ1v) is 12.1. The van der Waals surface area contributed by atoms with Crippen molar-refractivity contribution in [3.05, 3.63) is 76.3 Å². The Balaban J connectivity index is 1.74. The molecule has 0 spiro atoms. The minimum absolute atomic E-state index is 0.0573. The third kappa shape index (κ3) is 5.92. The van der Waals surface area contributed by atoms with E-state index in [-0.39, 0.29) is 31.2 Å². The van der Waals surface area contributed by atoms with Gasteiger partial charge in [-0.05, 0) is 41.8 Å². The fraction of sp³-hybridized carbons (Fsp3) is 0.296. The number of nitrogens with zero attached hydrogens (tertiary/aromatic N) is 1. The van der Waals surface area contributed by atoms with Crippen LogP contribution < -0.4 is 24.4 Å². The molecule has 7 nitrogen and oxygen atoms in total. The highest BCUT2D eigenvalue weighted by atomic mass is 35.5. The zero-order chi connectivity index (χ0) is 27.4. The highest BCUT2D eigenvalue weighted by Crippen LogP contribution is 2.43. The van der Waals surface area contributed by atoms with Gasteiger partial charge in [0.15, 0.2) is 0 Å². The predicted octanol–water partition coefficient (Wildman–Crippen LogP) is 5.49. The number of anilines is 2. The molecule has 0 saturated heterocycles. The molecule has 0 bridgehead atoms.